The predicted molar refractivity (Wildman–Crippen MR) is 86.5 cm³/mol. The van der Waals surface area contributed by atoms with Gasteiger partial charge in [0, 0.05) is 45.3 Å². The molecular weight excluding hydrogens is 332 g/mol. The molecule has 0 aliphatic carbocycles. The molecule has 8 heteroatoms. The van der Waals surface area contributed by atoms with Crippen molar-refractivity contribution < 1.29 is 13.9 Å². The Hall–Kier alpha value is -1.08. The van der Waals surface area contributed by atoms with E-state index in [1.54, 1.807) is 0 Å². The third-order valence-corrected chi connectivity index (χ3v) is 3.51. The van der Waals surface area contributed by atoms with Gasteiger partial charge >= 0.3 is 0 Å². The normalized spacial score (nSPS) is 15.0. The standard InChI is InChI=1S/C14H19ClFN3O2.ClH/c15-12-9-11(1-2-13(12)16)21-10-14(20)18-5-8-19-6-3-17-4-7-19;/h1-2,9,17H,3-8,10H2,(H,18,20);1H. The fourth-order valence-electron chi connectivity index (χ4n) is 2.05. The Morgan fingerprint density at radius 1 is 1.41 bits per heavy atom. The molecule has 1 amide bonds. The zero-order valence-corrected chi connectivity index (χ0v) is 13.7. The molecule has 0 radical (unpaired) electrons. The monoisotopic (exact) mass is 351 g/mol. The quantitative estimate of drug-likeness (QED) is 0.811. The summed E-state index contributed by atoms with van der Waals surface area (Å²) >= 11 is 5.63. The number of carbonyl (C=O) groups is 1. The van der Waals surface area contributed by atoms with Crippen LogP contribution in [0.15, 0.2) is 18.2 Å². The van der Waals surface area contributed by atoms with Gasteiger partial charge in [-0.15, -0.1) is 12.4 Å². The molecule has 0 aromatic heterocycles. The number of rotatable bonds is 6. The molecule has 1 fully saturated rings. The Kier molecular flexibility index (Phi) is 8.48. The number of amides is 1. The lowest BCUT2D eigenvalue weighted by Gasteiger charge is -2.27. The lowest BCUT2D eigenvalue weighted by Crippen LogP contribution is -2.46. The SMILES string of the molecule is Cl.O=C(COc1ccc(F)c(Cl)c1)NCCN1CCNCC1. The van der Waals surface area contributed by atoms with Crippen LogP contribution in [0.5, 0.6) is 5.75 Å². The highest BCUT2D eigenvalue weighted by molar-refractivity contribution is 6.30. The lowest BCUT2D eigenvalue weighted by atomic mass is 10.3. The molecule has 0 saturated carbocycles. The number of hydrogen-bond donors (Lipinski definition) is 2. The zero-order valence-electron chi connectivity index (χ0n) is 12.1. The van der Waals surface area contributed by atoms with Gasteiger partial charge in [0.15, 0.2) is 6.61 Å². The molecule has 0 bridgehead atoms. The molecule has 1 saturated heterocycles. The van der Waals surface area contributed by atoms with E-state index in [0.717, 1.165) is 32.7 Å². The van der Waals surface area contributed by atoms with Gasteiger partial charge in [0.2, 0.25) is 0 Å². The molecule has 5 nitrogen and oxygen atoms in total. The molecule has 1 aliphatic heterocycles. The third-order valence-electron chi connectivity index (χ3n) is 3.22. The average Bonchev–Trinajstić information content (AvgIpc) is 2.49. The van der Waals surface area contributed by atoms with Gasteiger partial charge in [-0.25, -0.2) is 4.39 Å². The number of benzene rings is 1. The topological polar surface area (TPSA) is 53.6 Å². The number of hydrogen-bond acceptors (Lipinski definition) is 4. The number of halogens is 3. The Labute approximate surface area is 140 Å². The molecule has 1 aromatic carbocycles. The van der Waals surface area contributed by atoms with Crippen molar-refractivity contribution in [2.75, 3.05) is 45.9 Å². The second-order valence-electron chi connectivity index (χ2n) is 4.81. The van der Waals surface area contributed by atoms with E-state index >= 15 is 0 Å². The summed E-state index contributed by atoms with van der Waals surface area (Å²) in [7, 11) is 0. The van der Waals surface area contributed by atoms with Crippen molar-refractivity contribution in [2.24, 2.45) is 0 Å². The average molecular weight is 352 g/mol. The van der Waals surface area contributed by atoms with Crippen LogP contribution < -0.4 is 15.4 Å². The van der Waals surface area contributed by atoms with Crippen molar-refractivity contribution >= 4 is 29.9 Å². The molecule has 1 aromatic rings. The fourth-order valence-corrected chi connectivity index (χ4v) is 2.23. The molecule has 2 rings (SSSR count). The predicted octanol–water partition coefficient (Wildman–Crippen LogP) is 1.30. The largest absolute Gasteiger partial charge is 0.484 e. The maximum Gasteiger partial charge on any atom is 0.257 e. The zero-order chi connectivity index (χ0) is 15.1. The van der Waals surface area contributed by atoms with Crippen LogP contribution in [0.1, 0.15) is 0 Å². The van der Waals surface area contributed by atoms with Crippen molar-refractivity contribution in [1.82, 2.24) is 15.5 Å². The first kappa shape index (κ1) is 19.0. The van der Waals surface area contributed by atoms with Crippen molar-refractivity contribution in [3.05, 3.63) is 29.0 Å². The molecule has 22 heavy (non-hydrogen) atoms. The Balaban J connectivity index is 0.00000242. The molecule has 1 aliphatic rings. The van der Waals surface area contributed by atoms with Crippen LogP contribution in [0.4, 0.5) is 4.39 Å². The van der Waals surface area contributed by atoms with Crippen LogP contribution in [-0.2, 0) is 4.79 Å². The van der Waals surface area contributed by atoms with Crippen LogP contribution >= 0.6 is 24.0 Å². The van der Waals surface area contributed by atoms with Gasteiger partial charge < -0.3 is 15.4 Å². The molecule has 0 spiro atoms. The maximum atomic E-state index is 13.0. The lowest BCUT2D eigenvalue weighted by molar-refractivity contribution is -0.123. The first-order valence-electron chi connectivity index (χ1n) is 6.93. The minimum Gasteiger partial charge on any atom is -0.484 e. The minimum atomic E-state index is -0.510. The van der Waals surface area contributed by atoms with Gasteiger partial charge in [-0.2, -0.15) is 0 Å². The van der Waals surface area contributed by atoms with Crippen LogP contribution in [0.3, 0.4) is 0 Å². The molecular formula is C14H20Cl2FN3O2. The maximum absolute atomic E-state index is 13.0. The van der Waals surface area contributed by atoms with Gasteiger partial charge in [-0.05, 0) is 12.1 Å². The summed E-state index contributed by atoms with van der Waals surface area (Å²) in [5.74, 6) is -0.339. The number of carbonyl (C=O) groups excluding carboxylic acids is 1. The van der Waals surface area contributed by atoms with Crippen LogP contribution in [0, 0.1) is 5.82 Å². The van der Waals surface area contributed by atoms with E-state index < -0.39 is 5.82 Å². The summed E-state index contributed by atoms with van der Waals surface area (Å²) < 4.78 is 18.2. The summed E-state index contributed by atoms with van der Waals surface area (Å²) in [5.41, 5.74) is 0. The summed E-state index contributed by atoms with van der Waals surface area (Å²) in [6, 6.07) is 4.00. The molecule has 124 valence electrons. The second-order valence-corrected chi connectivity index (χ2v) is 5.21. The van der Waals surface area contributed by atoms with E-state index in [2.05, 4.69) is 15.5 Å². The van der Waals surface area contributed by atoms with Gasteiger partial charge in [-0.3, -0.25) is 9.69 Å². The van der Waals surface area contributed by atoms with Crippen LogP contribution in [0.2, 0.25) is 5.02 Å². The highest BCUT2D eigenvalue weighted by Crippen LogP contribution is 2.20. The number of nitrogens with zero attached hydrogens (tertiary/aromatic N) is 1. The fraction of sp³-hybridized carbons (Fsp3) is 0.500. The van der Waals surface area contributed by atoms with E-state index in [1.165, 1.54) is 18.2 Å². The highest BCUT2D eigenvalue weighted by atomic mass is 35.5. The minimum absolute atomic E-state index is 0. The molecule has 0 atom stereocenters. The third kappa shape index (κ3) is 6.36. The summed E-state index contributed by atoms with van der Waals surface area (Å²) in [6.07, 6.45) is 0. The van der Waals surface area contributed by atoms with E-state index in [-0.39, 0.29) is 29.9 Å². The Morgan fingerprint density at radius 3 is 2.82 bits per heavy atom. The Morgan fingerprint density at radius 2 is 2.14 bits per heavy atom. The first-order valence-corrected chi connectivity index (χ1v) is 7.30. The molecule has 2 N–H and O–H groups in total. The van der Waals surface area contributed by atoms with Crippen molar-refractivity contribution in [2.45, 2.75) is 0 Å². The summed E-state index contributed by atoms with van der Waals surface area (Å²) in [4.78, 5) is 13.9. The number of piperazine rings is 1. The first-order chi connectivity index (χ1) is 10.1. The number of nitrogens with one attached hydrogen (secondary N) is 2. The summed E-state index contributed by atoms with van der Waals surface area (Å²) in [5, 5.41) is 6.05. The van der Waals surface area contributed by atoms with Crippen LogP contribution in [-0.4, -0.2) is 56.7 Å². The molecule has 1 heterocycles. The van der Waals surface area contributed by atoms with Crippen LogP contribution in [0.25, 0.3) is 0 Å². The van der Waals surface area contributed by atoms with E-state index in [0.29, 0.717) is 12.3 Å². The van der Waals surface area contributed by atoms with E-state index in [9.17, 15) is 9.18 Å². The smallest absolute Gasteiger partial charge is 0.257 e. The van der Waals surface area contributed by atoms with Gasteiger partial charge in [-0.1, -0.05) is 11.6 Å². The van der Waals surface area contributed by atoms with E-state index in [1.807, 2.05) is 0 Å². The Bertz CT molecular complexity index is 485. The van der Waals surface area contributed by atoms with Gasteiger partial charge in [0.05, 0.1) is 5.02 Å². The van der Waals surface area contributed by atoms with Gasteiger partial charge in [0.1, 0.15) is 11.6 Å². The van der Waals surface area contributed by atoms with Crippen molar-refractivity contribution in [1.29, 1.82) is 0 Å². The second kappa shape index (κ2) is 9.84. The van der Waals surface area contributed by atoms with E-state index in [4.69, 9.17) is 16.3 Å². The van der Waals surface area contributed by atoms with Gasteiger partial charge in [0.25, 0.3) is 5.91 Å². The molecule has 0 unspecified atom stereocenters. The summed E-state index contributed by atoms with van der Waals surface area (Å²) in [6.45, 7) is 5.29. The van der Waals surface area contributed by atoms with Crippen molar-refractivity contribution in [3.63, 3.8) is 0 Å². The highest BCUT2D eigenvalue weighted by Gasteiger charge is 2.10. The van der Waals surface area contributed by atoms with Crippen molar-refractivity contribution in [3.8, 4) is 5.75 Å². The number of ether oxygens (including phenoxy) is 1.